The van der Waals surface area contributed by atoms with Crippen molar-refractivity contribution in [3.63, 3.8) is 0 Å². The van der Waals surface area contributed by atoms with E-state index in [1.54, 1.807) is 13.8 Å². The highest BCUT2D eigenvalue weighted by Crippen LogP contribution is 2.25. The highest BCUT2D eigenvalue weighted by molar-refractivity contribution is 5.94. The molecule has 7 nitrogen and oxygen atoms in total. The van der Waals surface area contributed by atoms with Crippen LogP contribution in [0.15, 0.2) is 11.3 Å². The van der Waals surface area contributed by atoms with Crippen molar-refractivity contribution in [3.8, 4) is 0 Å². The maximum Gasteiger partial charge on any atom is 0.375 e. The molecule has 0 saturated carbocycles. The van der Waals surface area contributed by atoms with Gasteiger partial charge in [0, 0.05) is 5.57 Å². The van der Waals surface area contributed by atoms with Crippen LogP contribution in [0.3, 0.4) is 0 Å². The fraction of sp³-hybridized carbons (Fsp3) is 0.545. The van der Waals surface area contributed by atoms with E-state index in [4.69, 9.17) is 9.84 Å². The lowest BCUT2D eigenvalue weighted by atomic mass is 10.1. The average Bonchev–Trinajstić information content (AvgIpc) is 2.55. The lowest BCUT2D eigenvalue weighted by molar-refractivity contribution is -0.158. The third kappa shape index (κ3) is 3.07. The number of esters is 2. The van der Waals surface area contributed by atoms with Gasteiger partial charge in [0.05, 0.1) is 6.42 Å². The van der Waals surface area contributed by atoms with Crippen molar-refractivity contribution in [3.05, 3.63) is 11.3 Å². The Balaban J connectivity index is 2.72. The van der Waals surface area contributed by atoms with Crippen LogP contribution in [0, 0.1) is 0 Å². The molecule has 0 radical (unpaired) electrons. The Morgan fingerprint density at radius 1 is 1.50 bits per heavy atom. The number of ether oxygens (including phenoxy) is 2. The zero-order chi connectivity index (χ0) is 13.9. The number of cyclic esters (lactones) is 1. The van der Waals surface area contributed by atoms with E-state index in [9.17, 15) is 19.5 Å². The Morgan fingerprint density at radius 3 is 2.56 bits per heavy atom. The number of aliphatic hydroxyl groups excluding tert-OH is 1. The van der Waals surface area contributed by atoms with Crippen LogP contribution in [-0.2, 0) is 23.9 Å². The van der Waals surface area contributed by atoms with E-state index in [0.717, 1.165) is 0 Å². The number of carboxylic acids is 1. The molecule has 1 aliphatic heterocycles. The average molecular weight is 258 g/mol. The Labute approximate surface area is 103 Å². The molecule has 1 heterocycles. The Morgan fingerprint density at radius 2 is 2.11 bits per heavy atom. The zero-order valence-corrected chi connectivity index (χ0v) is 10.0. The summed E-state index contributed by atoms with van der Waals surface area (Å²) in [5.41, 5.74) is 0.457. The SMILES string of the molecule is CCC1OC(=O)C(OC(=O)C(O)CC(=O)O)=C1C. The van der Waals surface area contributed by atoms with E-state index >= 15 is 0 Å². The number of carbonyl (C=O) groups is 3. The van der Waals surface area contributed by atoms with Gasteiger partial charge in [0.2, 0.25) is 5.76 Å². The first kappa shape index (κ1) is 14.2. The van der Waals surface area contributed by atoms with Gasteiger partial charge in [0.1, 0.15) is 6.10 Å². The van der Waals surface area contributed by atoms with E-state index < -0.39 is 36.5 Å². The normalized spacial score (nSPS) is 20.6. The van der Waals surface area contributed by atoms with Crippen molar-refractivity contribution in [1.29, 1.82) is 0 Å². The Hall–Kier alpha value is -1.89. The maximum atomic E-state index is 11.4. The van der Waals surface area contributed by atoms with Crippen LogP contribution in [-0.4, -0.2) is 40.3 Å². The molecule has 2 unspecified atom stereocenters. The van der Waals surface area contributed by atoms with E-state index in [-0.39, 0.29) is 5.76 Å². The summed E-state index contributed by atoms with van der Waals surface area (Å²) >= 11 is 0. The monoisotopic (exact) mass is 258 g/mol. The van der Waals surface area contributed by atoms with Gasteiger partial charge in [-0.3, -0.25) is 4.79 Å². The molecule has 18 heavy (non-hydrogen) atoms. The largest absolute Gasteiger partial charge is 0.481 e. The molecule has 100 valence electrons. The van der Waals surface area contributed by atoms with Crippen molar-refractivity contribution in [2.24, 2.45) is 0 Å². The number of rotatable bonds is 5. The van der Waals surface area contributed by atoms with Crippen molar-refractivity contribution in [1.82, 2.24) is 0 Å². The van der Waals surface area contributed by atoms with E-state index in [1.165, 1.54) is 0 Å². The third-order valence-electron chi connectivity index (χ3n) is 2.49. The van der Waals surface area contributed by atoms with Crippen LogP contribution >= 0.6 is 0 Å². The van der Waals surface area contributed by atoms with E-state index in [1.807, 2.05) is 0 Å². The van der Waals surface area contributed by atoms with Crippen LogP contribution in [0.5, 0.6) is 0 Å². The number of hydrogen-bond donors (Lipinski definition) is 2. The number of aliphatic hydroxyl groups is 1. The van der Waals surface area contributed by atoms with Gasteiger partial charge in [-0.25, -0.2) is 9.59 Å². The fourth-order valence-corrected chi connectivity index (χ4v) is 1.51. The Bertz CT molecular complexity index is 410. The summed E-state index contributed by atoms with van der Waals surface area (Å²) in [7, 11) is 0. The molecule has 2 N–H and O–H groups in total. The number of carbonyl (C=O) groups excluding carboxylic acids is 2. The summed E-state index contributed by atoms with van der Waals surface area (Å²) in [4.78, 5) is 33.0. The van der Waals surface area contributed by atoms with Crippen LogP contribution in [0.4, 0.5) is 0 Å². The molecular weight excluding hydrogens is 244 g/mol. The highest BCUT2D eigenvalue weighted by atomic mass is 16.6. The molecule has 0 spiro atoms. The minimum absolute atomic E-state index is 0.267. The summed E-state index contributed by atoms with van der Waals surface area (Å²) in [6.45, 7) is 3.37. The molecule has 0 bridgehead atoms. The minimum atomic E-state index is -1.81. The van der Waals surface area contributed by atoms with Gasteiger partial charge in [-0.2, -0.15) is 0 Å². The molecule has 7 heteroatoms. The molecule has 0 aliphatic carbocycles. The molecule has 0 aromatic rings. The standard InChI is InChI=1S/C11H14O7/c1-3-7-5(2)9(11(16)17-7)18-10(15)6(12)4-8(13)14/h6-7,12H,3-4H2,1-2H3,(H,13,14). The first-order valence-corrected chi connectivity index (χ1v) is 5.40. The van der Waals surface area contributed by atoms with Crippen LogP contribution in [0.25, 0.3) is 0 Å². The maximum absolute atomic E-state index is 11.4. The summed E-state index contributed by atoms with van der Waals surface area (Å²) in [5, 5.41) is 17.6. The van der Waals surface area contributed by atoms with Gasteiger partial charge in [-0.05, 0) is 13.3 Å². The second kappa shape index (κ2) is 5.63. The summed E-state index contributed by atoms with van der Waals surface area (Å²) in [6, 6.07) is 0. The van der Waals surface area contributed by atoms with Gasteiger partial charge in [-0.15, -0.1) is 0 Å². The molecular formula is C11H14O7. The van der Waals surface area contributed by atoms with Gasteiger partial charge >= 0.3 is 17.9 Å². The lowest BCUT2D eigenvalue weighted by Gasteiger charge is -2.07. The molecule has 2 atom stereocenters. The van der Waals surface area contributed by atoms with Gasteiger partial charge in [0.25, 0.3) is 0 Å². The molecule has 0 amide bonds. The van der Waals surface area contributed by atoms with Gasteiger partial charge in [-0.1, -0.05) is 6.92 Å². The van der Waals surface area contributed by atoms with Crippen molar-refractivity contribution < 1.29 is 34.1 Å². The quantitative estimate of drug-likeness (QED) is 0.666. The second-order valence-corrected chi connectivity index (χ2v) is 3.85. The zero-order valence-electron chi connectivity index (χ0n) is 10.0. The van der Waals surface area contributed by atoms with Gasteiger partial charge in [0.15, 0.2) is 6.10 Å². The smallest absolute Gasteiger partial charge is 0.375 e. The van der Waals surface area contributed by atoms with Crippen LogP contribution < -0.4 is 0 Å². The third-order valence-corrected chi connectivity index (χ3v) is 2.49. The van der Waals surface area contributed by atoms with E-state index in [2.05, 4.69) is 4.74 Å². The first-order valence-electron chi connectivity index (χ1n) is 5.40. The van der Waals surface area contributed by atoms with Crippen LogP contribution in [0.2, 0.25) is 0 Å². The van der Waals surface area contributed by atoms with Crippen molar-refractivity contribution in [2.75, 3.05) is 0 Å². The molecule has 0 aromatic heterocycles. The van der Waals surface area contributed by atoms with E-state index in [0.29, 0.717) is 12.0 Å². The fourth-order valence-electron chi connectivity index (χ4n) is 1.51. The van der Waals surface area contributed by atoms with Gasteiger partial charge < -0.3 is 19.7 Å². The Kier molecular flexibility index (Phi) is 4.43. The van der Waals surface area contributed by atoms with Crippen molar-refractivity contribution >= 4 is 17.9 Å². The summed E-state index contributed by atoms with van der Waals surface area (Å²) in [5.74, 6) is -3.57. The van der Waals surface area contributed by atoms with Crippen LogP contribution in [0.1, 0.15) is 26.7 Å². The molecule has 0 aromatic carbocycles. The highest BCUT2D eigenvalue weighted by Gasteiger charge is 2.34. The number of carboxylic acid groups (broad SMARTS) is 1. The molecule has 0 saturated heterocycles. The summed E-state index contributed by atoms with van der Waals surface area (Å²) in [6.07, 6.45) is -2.50. The second-order valence-electron chi connectivity index (χ2n) is 3.85. The van der Waals surface area contributed by atoms with Crippen molar-refractivity contribution in [2.45, 2.75) is 38.9 Å². The summed E-state index contributed by atoms with van der Waals surface area (Å²) < 4.78 is 9.59. The first-order chi connectivity index (χ1) is 8.36. The molecule has 1 rings (SSSR count). The number of hydrogen-bond acceptors (Lipinski definition) is 6. The topological polar surface area (TPSA) is 110 Å². The number of aliphatic carboxylic acids is 1. The minimum Gasteiger partial charge on any atom is -0.481 e. The predicted molar refractivity (Wildman–Crippen MR) is 57.2 cm³/mol. The lowest BCUT2D eigenvalue weighted by Crippen LogP contribution is -2.26. The molecule has 1 aliphatic rings. The predicted octanol–water partition coefficient (Wildman–Crippen LogP) is -0.0254. The molecule has 0 fully saturated rings.